The van der Waals surface area contributed by atoms with Gasteiger partial charge in [0.15, 0.2) is 0 Å². The molecule has 0 aromatic heterocycles. The molecule has 2 rings (SSSR count). The number of nitrogens with zero attached hydrogens (tertiary/aromatic N) is 1. The summed E-state index contributed by atoms with van der Waals surface area (Å²) in [5, 5.41) is 8.94. The minimum Gasteiger partial charge on any atom is -0.478 e. The van der Waals surface area contributed by atoms with Crippen LogP contribution in [-0.4, -0.2) is 36.6 Å². The molecule has 1 amide bonds. The molecule has 0 spiro atoms. The Kier molecular flexibility index (Phi) is 3.94. The fraction of sp³-hybridized carbons (Fsp3) is 0.308. The minimum absolute atomic E-state index is 0.0356. The van der Waals surface area contributed by atoms with E-state index in [4.69, 9.17) is 16.7 Å². The number of amides is 1. The molecule has 6 nitrogen and oxygen atoms in total. The van der Waals surface area contributed by atoms with Crippen LogP contribution in [0.1, 0.15) is 16.8 Å². The third-order valence-corrected chi connectivity index (χ3v) is 3.47. The second-order valence-corrected chi connectivity index (χ2v) is 4.81. The van der Waals surface area contributed by atoms with Gasteiger partial charge in [0.25, 0.3) is 0 Å². The zero-order valence-electron chi connectivity index (χ0n) is 10.6. The molecule has 7 heteroatoms. The topological polar surface area (TPSA) is 83.9 Å². The molecule has 1 aromatic carbocycles. The van der Waals surface area contributed by atoms with Crippen molar-refractivity contribution in [3.63, 3.8) is 0 Å². The summed E-state index contributed by atoms with van der Waals surface area (Å²) in [6, 6.07) is 4.23. The van der Waals surface area contributed by atoms with Crippen LogP contribution < -0.4 is 4.90 Å². The first-order valence-corrected chi connectivity index (χ1v) is 6.23. The Labute approximate surface area is 119 Å². The van der Waals surface area contributed by atoms with Gasteiger partial charge in [-0.1, -0.05) is 11.6 Å². The van der Waals surface area contributed by atoms with Crippen LogP contribution in [0.25, 0.3) is 0 Å². The van der Waals surface area contributed by atoms with E-state index in [0.717, 1.165) is 0 Å². The number of benzene rings is 1. The van der Waals surface area contributed by atoms with Crippen molar-refractivity contribution in [1.29, 1.82) is 0 Å². The Hall–Kier alpha value is -2.08. The van der Waals surface area contributed by atoms with E-state index in [1.54, 1.807) is 0 Å². The van der Waals surface area contributed by atoms with E-state index in [1.165, 1.54) is 30.2 Å². The molecule has 106 valence electrons. The summed E-state index contributed by atoms with van der Waals surface area (Å²) >= 11 is 5.87. The van der Waals surface area contributed by atoms with Gasteiger partial charge in [-0.2, -0.15) is 0 Å². The summed E-state index contributed by atoms with van der Waals surface area (Å²) < 4.78 is 4.62. The number of methoxy groups -OCH3 is 1. The van der Waals surface area contributed by atoms with Crippen molar-refractivity contribution >= 4 is 35.1 Å². The van der Waals surface area contributed by atoms with Gasteiger partial charge in [0.2, 0.25) is 5.91 Å². The quantitative estimate of drug-likeness (QED) is 0.856. The summed E-state index contributed by atoms with van der Waals surface area (Å²) in [5.74, 6) is -2.30. The van der Waals surface area contributed by atoms with Crippen LogP contribution in [-0.2, 0) is 14.3 Å². The molecule has 0 radical (unpaired) electrons. The standard InChI is InChI=1S/C13H12ClNO5/c1-20-13(19)7-4-11(16)15(6-7)8-2-3-9(12(17)18)10(14)5-8/h2-3,5,7H,4,6H2,1H3,(H,17,18). The van der Waals surface area contributed by atoms with E-state index < -0.39 is 17.9 Å². The molecule has 1 atom stereocenters. The van der Waals surface area contributed by atoms with E-state index in [1.807, 2.05) is 0 Å². The Morgan fingerprint density at radius 3 is 2.70 bits per heavy atom. The van der Waals surface area contributed by atoms with E-state index in [0.29, 0.717) is 5.69 Å². The Bertz CT molecular complexity index is 586. The highest BCUT2D eigenvalue weighted by molar-refractivity contribution is 6.33. The molecule has 0 saturated carbocycles. The number of carbonyl (C=O) groups is 3. The average molecular weight is 298 g/mol. The lowest BCUT2D eigenvalue weighted by Crippen LogP contribution is -2.26. The van der Waals surface area contributed by atoms with Crippen molar-refractivity contribution in [3.8, 4) is 0 Å². The molecule has 1 saturated heterocycles. The minimum atomic E-state index is -1.14. The van der Waals surface area contributed by atoms with Crippen LogP contribution in [0.15, 0.2) is 18.2 Å². The fourth-order valence-electron chi connectivity index (χ4n) is 2.13. The molecule has 0 bridgehead atoms. The Morgan fingerprint density at radius 1 is 1.45 bits per heavy atom. The molecule has 1 aliphatic rings. The molecule has 1 unspecified atom stereocenters. The largest absolute Gasteiger partial charge is 0.478 e. The van der Waals surface area contributed by atoms with Gasteiger partial charge in [0.05, 0.1) is 23.6 Å². The van der Waals surface area contributed by atoms with Gasteiger partial charge < -0.3 is 14.7 Å². The number of carboxylic acids is 1. The number of hydrogen-bond acceptors (Lipinski definition) is 4. The first-order valence-electron chi connectivity index (χ1n) is 5.85. The molecular weight excluding hydrogens is 286 g/mol. The number of rotatable bonds is 3. The number of carbonyl (C=O) groups excluding carboxylic acids is 2. The van der Waals surface area contributed by atoms with E-state index >= 15 is 0 Å². The first kappa shape index (κ1) is 14.3. The number of aromatic carboxylic acids is 1. The lowest BCUT2D eigenvalue weighted by atomic mass is 10.1. The lowest BCUT2D eigenvalue weighted by Gasteiger charge is -2.17. The smallest absolute Gasteiger partial charge is 0.337 e. The number of hydrogen-bond donors (Lipinski definition) is 1. The highest BCUT2D eigenvalue weighted by Gasteiger charge is 2.36. The van der Waals surface area contributed by atoms with Crippen LogP contribution >= 0.6 is 11.6 Å². The van der Waals surface area contributed by atoms with Crippen molar-refractivity contribution in [1.82, 2.24) is 0 Å². The molecule has 1 heterocycles. The predicted molar refractivity (Wildman–Crippen MR) is 70.9 cm³/mol. The fourth-order valence-corrected chi connectivity index (χ4v) is 2.38. The van der Waals surface area contributed by atoms with Gasteiger partial charge in [-0.15, -0.1) is 0 Å². The maximum Gasteiger partial charge on any atom is 0.337 e. The number of esters is 1. The van der Waals surface area contributed by atoms with Crippen molar-refractivity contribution in [3.05, 3.63) is 28.8 Å². The molecule has 1 fully saturated rings. The Balaban J connectivity index is 2.24. The molecule has 1 aliphatic heterocycles. The van der Waals surface area contributed by atoms with E-state index in [2.05, 4.69) is 4.74 Å². The third-order valence-electron chi connectivity index (χ3n) is 3.15. The lowest BCUT2D eigenvalue weighted by molar-refractivity contribution is -0.145. The van der Waals surface area contributed by atoms with E-state index in [-0.39, 0.29) is 29.5 Å². The molecule has 20 heavy (non-hydrogen) atoms. The second kappa shape index (κ2) is 5.50. The maximum atomic E-state index is 11.9. The number of ether oxygens (including phenoxy) is 1. The van der Waals surface area contributed by atoms with Crippen LogP contribution in [0.5, 0.6) is 0 Å². The van der Waals surface area contributed by atoms with Gasteiger partial charge >= 0.3 is 11.9 Å². The average Bonchev–Trinajstić information content (AvgIpc) is 2.79. The first-order chi connectivity index (χ1) is 9.43. The number of halogens is 1. The summed E-state index contributed by atoms with van der Waals surface area (Å²) in [5.41, 5.74) is 0.433. The third kappa shape index (κ3) is 2.60. The van der Waals surface area contributed by atoms with Gasteiger partial charge in [0, 0.05) is 18.7 Å². The van der Waals surface area contributed by atoms with Crippen molar-refractivity contribution in [2.45, 2.75) is 6.42 Å². The second-order valence-electron chi connectivity index (χ2n) is 4.40. The molecular formula is C13H12ClNO5. The summed E-state index contributed by atoms with van der Waals surface area (Å²) in [7, 11) is 1.27. The van der Waals surface area contributed by atoms with Crippen molar-refractivity contribution in [2.75, 3.05) is 18.6 Å². The van der Waals surface area contributed by atoms with Crippen LogP contribution in [0, 0.1) is 5.92 Å². The Morgan fingerprint density at radius 2 is 2.15 bits per heavy atom. The highest BCUT2D eigenvalue weighted by Crippen LogP contribution is 2.29. The van der Waals surface area contributed by atoms with Gasteiger partial charge in [0.1, 0.15) is 0 Å². The summed E-state index contributed by atoms with van der Waals surface area (Å²) in [4.78, 5) is 35.6. The van der Waals surface area contributed by atoms with Gasteiger partial charge in [-0.05, 0) is 18.2 Å². The van der Waals surface area contributed by atoms with E-state index in [9.17, 15) is 14.4 Å². The van der Waals surface area contributed by atoms with Crippen LogP contribution in [0.4, 0.5) is 5.69 Å². The zero-order chi connectivity index (χ0) is 14.9. The van der Waals surface area contributed by atoms with Crippen molar-refractivity contribution in [2.24, 2.45) is 5.92 Å². The normalized spacial score (nSPS) is 18.2. The molecule has 0 aliphatic carbocycles. The van der Waals surface area contributed by atoms with Gasteiger partial charge in [-0.3, -0.25) is 9.59 Å². The van der Waals surface area contributed by atoms with Crippen molar-refractivity contribution < 1.29 is 24.2 Å². The summed E-state index contributed by atoms with van der Waals surface area (Å²) in [6.45, 7) is 0.203. The van der Waals surface area contributed by atoms with Crippen LogP contribution in [0.2, 0.25) is 5.02 Å². The highest BCUT2D eigenvalue weighted by atomic mass is 35.5. The molecule has 1 aromatic rings. The SMILES string of the molecule is COC(=O)C1CC(=O)N(c2ccc(C(=O)O)c(Cl)c2)C1. The van der Waals surface area contributed by atoms with Crippen LogP contribution in [0.3, 0.4) is 0 Å². The zero-order valence-corrected chi connectivity index (χ0v) is 11.4. The monoisotopic (exact) mass is 297 g/mol. The van der Waals surface area contributed by atoms with Gasteiger partial charge in [-0.25, -0.2) is 4.79 Å². The molecule has 1 N–H and O–H groups in total. The maximum absolute atomic E-state index is 11.9. The number of carboxylic acid groups (broad SMARTS) is 1. The summed E-state index contributed by atoms with van der Waals surface area (Å²) in [6.07, 6.45) is 0.0744. The predicted octanol–water partition coefficient (Wildman–Crippen LogP) is 1.56. The number of anilines is 1.